The Morgan fingerprint density at radius 3 is 1.33 bits per heavy atom. The fourth-order valence-corrected chi connectivity index (χ4v) is 5.60. The highest BCUT2D eigenvalue weighted by Crippen LogP contribution is 2.33. The van der Waals surface area contributed by atoms with Gasteiger partial charge in [-0.1, -0.05) is 51.0 Å². The molecule has 276 valence electrons. The largest absolute Gasteiger partial charge is 0.858 e. The molecular weight excluding hydrogens is 624 g/mol. The van der Waals surface area contributed by atoms with Crippen molar-refractivity contribution in [1.82, 2.24) is 0 Å². The summed E-state index contributed by atoms with van der Waals surface area (Å²) in [6, 6.07) is 15.6. The van der Waals surface area contributed by atoms with Crippen LogP contribution in [-0.4, -0.2) is 111 Å². The third-order valence-electron chi connectivity index (χ3n) is 8.31. The van der Waals surface area contributed by atoms with Crippen molar-refractivity contribution in [2.24, 2.45) is 21.7 Å². The Balaban J connectivity index is 1.86. The minimum absolute atomic E-state index is 0.0319. The number of rotatable bonds is 24. The summed E-state index contributed by atoms with van der Waals surface area (Å²) in [5, 5.41) is 54.1. The highest BCUT2D eigenvalue weighted by molar-refractivity contribution is 5.70. The lowest BCUT2D eigenvalue weighted by Crippen LogP contribution is -2.44. The van der Waals surface area contributed by atoms with Gasteiger partial charge in [-0.25, -0.2) is 9.18 Å². The Morgan fingerprint density at radius 2 is 1.00 bits per heavy atom. The van der Waals surface area contributed by atoms with E-state index < -0.39 is 12.2 Å². The molecule has 2 atom stereocenters. The monoisotopic (exact) mass is 686 g/mol. The van der Waals surface area contributed by atoms with Gasteiger partial charge in [-0.15, -0.1) is 10.2 Å². The number of aliphatic hydroxyl groups excluding tert-OH is 2. The van der Waals surface area contributed by atoms with Crippen LogP contribution in [0.5, 0.6) is 11.5 Å². The van der Waals surface area contributed by atoms with Crippen LogP contribution in [0, 0.1) is 0 Å². The van der Waals surface area contributed by atoms with Gasteiger partial charge >= 0.3 is 0 Å². The number of nitrogens with two attached hydrogens (primary N) is 2. The van der Waals surface area contributed by atoms with Crippen LogP contribution in [0.15, 0.2) is 58.7 Å². The van der Waals surface area contributed by atoms with Crippen LogP contribution >= 0.6 is 0 Å². The molecular formula is C37H62N6O6. The van der Waals surface area contributed by atoms with E-state index in [0.29, 0.717) is 37.4 Å². The van der Waals surface area contributed by atoms with Crippen molar-refractivity contribution >= 4 is 11.8 Å². The zero-order valence-corrected chi connectivity index (χ0v) is 30.6. The zero-order chi connectivity index (χ0) is 36.5. The van der Waals surface area contributed by atoms with Crippen molar-refractivity contribution in [2.75, 3.05) is 67.6 Å². The highest BCUT2D eigenvalue weighted by atomic mass is 16.5. The zero-order valence-electron chi connectivity index (χ0n) is 30.6. The minimum Gasteiger partial charge on any atom is -0.858 e. The van der Waals surface area contributed by atoms with Crippen molar-refractivity contribution in [3.05, 3.63) is 59.7 Å². The van der Waals surface area contributed by atoms with E-state index in [0.717, 1.165) is 49.7 Å². The van der Waals surface area contributed by atoms with E-state index >= 15 is 0 Å². The number of likely N-dealkylation sites (N-methyl/N-ethyl adjacent to an activating group) is 2. The molecule has 0 fully saturated rings. The third kappa shape index (κ3) is 16.3. The highest BCUT2D eigenvalue weighted by Gasteiger charge is 2.25. The molecule has 0 saturated heterocycles. The Morgan fingerprint density at radius 1 is 0.653 bits per heavy atom. The Kier molecular flexibility index (Phi) is 17.5. The van der Waals surface area contributed by atoms with Gasteiger partial charge in [-0.05, 0) is 87.0 Å². The number of benzene rings is 2. The van der Waals surface area contributed by atoms with Gasteiger partial charge in [0.25, 0.3) is 0 Å². The predicted molar refractivity (Wildman–Crippen MR) is 192 cm³/mol. The first-order chi connectivity index (χ1) is 23.1. The summed E-state index contributed by atoms with van der Waals surface area (Å²) in [5.41, 5.74) is 12.9. The lowest BCUT2D eigenvalue weighted by atomic mass is 9.78. The number of ether oxygens (including phenoxy) is 2. The second-order valence-electron chi connectivity index (χ2n) is 14.4. The van der Waals surface area contributed by atoms with Crippen LogP contribution in [0.25, 0.3) is 0 Å². The van der Waals surface area contributed by atoms with E-state index in [1.165, 1.54) is 0 Å². The maximum Gasteiger partial charge on any atom is 0.139 e. The topological polar surface area (TPSA) is 182 Å². The molecule has 2 aromatic rings. The van der Waals surface area contributed by atoms with E-state index in [1.807, 2.05) is 48.5 Å². The Bertz CT molecular complexity index is 1180. The third-order valence-corrected chi connectivity index (χ3v) is 8.31. The molecule has 0 aliphatic heterocycles. The summed E-state index contributed by atoms with van der Waals surface area (Å²) < 4.78 is 11.8. The molecule has 0 aromatic heterocycles. The van der Waals surface area contributed by atoms with Crippen molar-refractivity contribution in [2.45, 2.75) is 82.8 Å². The van der Waals surface area contributed by atoms with Gasteiger partial charge in [-0.3, -0.25) is 0 Å². The average molecular weight is 687 g/mol. The summed E-state index contributed by atoms with van der Waals surface area (Å²) in [6.07, 6.45) is 4.32. The number of aliphatic hydroxyl groups is 2. The van der Waals surface area contributed by atoms with Crippen LogP contribution in [0.3, 0.4) is 0 Å². The first-order valence-corrected chi connectivity index (χ1v) is 17.5. The van der Waals surface area contributed by atoms with Crippen LogP contribution in [0.2, 0.25) is 0 Å². The molecule has 0 radical (unpaired) electrons. The standard InChI is InChI=1S/C37H62N6O6/c1-37(2,29-15-19-33(20-16-29)48-27-31(44)25-42(3,4)40-35(46)13-9-7-11-23-38)30-17-21-34(22-18-30)49-28-32(45)26-43(5,6)41-36(47)14-10-8-12-24-39/h15-22,31-32,44-45H,7-14,23-28,38-39H2,1-6H3. The van der Waals surface area contributed by atoms with Gasteiger partial charge in [0.15, 0.2) is 0 Å². The van der Waals surface area contributed by atoms with Crippen LogP contribution < -0.4 is 31.2 Å². The van der Waals surface area contributed by atoms with Gasteiger partial charge in [0.1, 0.15) is 50.0 Å². The number of hydrogen-bond donors (Lipinski definition) is 4. The van der Waals surface area contributed by atoms with Gasteiger partial charge in [0.2, 0.25) is 0 Å². The molecule has 12 nitrogen and oxygen atoms in total. The molecule has 0 saturated carbocycles. The average Bonchev–Trinajstić information content (AvgIpc) is 3.02. The summed E-state index contributed by atoms with van der Waals surface area (Å²) >= 11 is 0. The second kappa shape index (κ2) is 20.4. The van der Waals surface area contributed by atoms with E-state index in [2.05, 4.69) is 24.1 Å². The predicted octanol–water partition coefficient (Wildman–Crippen LogP) is 2.03. The fraction of sp³-hybridized carbons (Fsp3) is 0.622. The summed E-state index contributed by atoms with van der Waals surface area (Å²) in [4.78, 5) is 0. The molecule has 0 heterocycles. The van der Waals surface area contributed by atoms with Crippen molar-refractivity contribution in [3.8, 4) is 11.5 Å². The molecule has 0 aliphatic rings. The van der Waals surface area contributed by atoms with Gasteiger partial charge in [0.05, 0.1) is 28.2 Å². The fourth-order valence-electron chi connectivity index (χ4n) is 5.60. The summed E-state index contributed by atoms with van der Waals surface area (Å²) in [5.74, 6) is 0.938. The Hall–Kier alpha value is -3.26. The SMILES string of the molecule is CC(C)(c1ccc(OCC(O)C[N+](C)(C)N=C([O-])CCCCCN)cc1)c1ccc(OCC(O)C[N+](C)(C)N=C([O-])CCCCCN)cc1. The molecule has 0 bridgehead atoms. The molecule has 0 aliphatic carbocycles. The molecule has 6 N–H and O–H groups in total. The van der Waals surface area contributed by atoms with E-state index in [-0.39, 0.29) is 52.7 Å². The van der Waals surface area contributed by atoms with E-state index in [9.17, 15) is 20.4 Å². The molecule has 12 heteroatoms. The molecule has 2 aromatic carbocycles. The molecule has 0 spiro atoms. The maximum absolute atomic E-state index is 12.2. The van der Waals surface area contributed by atoms with Gasteiger partial charge in [0, 0.05) is 17.2 Å². The van der Waals surface area contributed by atoms with Crippen molar-refractivity contribution < 1.29 is 39.1 Å². The maximum atomic E-state index is 12.2. The van der Waals surface area contributed by atoms with Crippen molar-refractivity contribution in [3.63, 3.8) is 0 Å². The lowest BCUT2D eigenvalue weighted by Gasteiger charge is -2.28. The first kappa shape index (κ1) is 41.9. The molecule has 2 unspecified atom stereocenters. The van der Waals surface area contributed by atoms with Gasteiger partial charge < -0.3 is 41.4 Å². The minimum atomic E-state index is -0.798. The molecule has 49 heavy (non-hydrogen) atoms. The number of quaternary nitrogens is 2. The molecule has 2 rings (SSSR count). The quantitative estimate of drug-likeness (QED) is 0.0426. The number of hydrogen-bond acceptors (Lipinski definition) is 10. The number of unbranched alkanes of at least 4 members (excludes halogenated alkanes) is 4. The van der Waals surface area contributed by atoms with Crippen LogP contribution in [0.1, 0.15) is 76.3 Å². The normalized spacial score (nSPS) is 14.5. The van der Waals surface area contributed by atoms with E-state index in [1.54, 1.807) is 28.2 Å². The first-order valence-electron chi connectivity index (χ1n) is 17.5. The van der Waals surface area contributed by atoms with Gasteiger partial charge in [-0.2, -0.15) is 0 Å². The second-order valence-corrected chi connectivity index (χ2v) is 14.4. The van der Waals surface area contributed by atoms with Crippen LogP contribution in [-0.2, 0) is 5.41 Å². The van der Waals surface area contributed by atoms with Crippen molar-refractivity contribution in [1.29, 1.82) is 0 Å². The molecule has 0 amide bonds. The Labute approximate surface area is 293 Å². The summed E-state index contributed by atoms with van der Waals surface area (Å²) in [6.45, 7) is 6.19. The number of nitrogens with zero attached hydrogens (tertiary/aromatic N) is 4. The smallest absolute Gasteiger partial charge is 0.139 e. The summed E-state index contributed by atoms with van der Waals surface area (Å²) in [7, 11) is 7.15. The van der Waals surface area contributed by atoms with E-state index in [4.69, 9.17) is 20.9 Å². The lowest BCUT2D eigenvalue weighted by molar-refractivity contribution is -0.901. The van der Waals surface area contributed by atoms with Crippen LogP contribution in [0.4, 0.5) is 0 Å².